The van der Waals surface area contributed by atoms with E-state index in [2.05, 4.69) is 5.32 Å². The van der Waals surface area contributed by atoms with Gasteiger partial charge in [0.05, 0.1) is 16.5 Å². The number of amides is 1. The van der Waals surface area contributed by atoms with Gasteiger partial charge in [-0.2, -0.15) is 13.2 Å². The number of rotatable bonds is 5. The number of benzene rings is 2. The fourth-order valence-electron chi connectivity index (χ4n) is 2.24. The van der Waals surface area contributed by atoms with E-state index >= 15 is 0 Å². The number of nitrogens with zero attached hydrogens (tertiary/aromatic N) is 1. The molecule has 0 radical (unpaired) electrons. The van der Waals surface area contributed by atoms with Crippen molar-refractivity contribution in [2.24, 2.45) is 0 Å². The molecule has 0 heterocycles. The molecule has 1 unspecified atom stereocenters. The molecule has 0 bridgehead atoms. The number of hydrogen-bond donors (Lipinski definition) is 1. The summed E-state index contributed by atoms with van der Waals surface area (Å²) in [5.74, 6) is -0.526. The minimum atomic E-state index is -4.46. The summed E-state index contributed by atoms with van der Waals surface area (Å²) in [4.78, 5) is 22.2. The Balaban J connectivity index is 2.05. The number of carbonyl (C=O) groups is 1. The Hall–Kier alpha value is -3.16. The van der Waals surface area contributed by atoms with Crippen LogP contribution in [0.2, 0.25) is 0 Å². The zero-order valence-electron chi connectivity index (χ0n) is 13.7. The van der Waals surface area contributed by atoms with Crippen molar-refractivity contribution in [3.63, 3.8) is 0 Å². The Morgan fingerprint density at radius 2 is 1.88 bits per heavy atom. The monoisotopic (exact) mass is 364 g/mol. The standard InChI is InChI=1S/C18H15F3N2O3/c1-12(14-5-3-7-16(11-14)23(25)26)22-17(24)9-8-13-4-2-6-15(10-13)18(19,20)21/h2-12H,1H3,(H,22,24). The van der Waals surface area contributed by atoms with Crippen LogP contribution in [-0.2, 0) is 11.0 Å². The molecule has 0 aliphatic rings. The van der Waals surface area contributed by atoms with Crippen LogP contribution in [0, 0.1) is 10.1 Å². The lowest BCUT2D eigenvalue weighted by Crippen LogP contribution is -2.24. The molecular formula is C18H15F3N2O3. The maximum absolute atomic E-state index is 12.7. The highest BCUT2D eigenvalue weighted by Gasteiger charge is 2.30. The van der Waals surface area contributed by atoms with Crippen LogP contribution in [-0.4, -0.2) is 10.8 Å². The normalized spacial score (nSPS) is 12.8. The van der Waals surface area contributed by atoms with E-state index < -0.39 is 28.6 Å². The molecule has 0 aromatic heterocycles. The molecule has 0 fully saturated rings. The van der Waals surface area contributed by atoms with Crippen LogP contribution in [0.1, 0.15) is 29.7 Å². The number of alkyl halides is 3. The molecule has 2 rings (SSSR count). The van der Waals surface area contributed by atoms with Crippen LogP contribution < -0.4 is 5.32 Å². The molecule has 26 heavy (non-hydrogen) atoms. The summed E-state index contributed by atoms with van der Waals surface area (Å²) in [6.07, 6.45) is -2.07. The first-order chi connectivity index (χ1) is 12.2. The zero-order chi connectivity index (χ0) is 19.3. The summed E-state index contributed by atoms with van der Waals surface area (Å²) in [6, 6.07) is 9.91. The molecular weight excluding hydrogens is 349 g/mol. The van der Waals surface area contributed by atoms with E-state index in [-0.39, 0.29) is 11.3 Å². The third-order valence-corrected chi connectivity index (χ3v) is 3.58. The lowest BCUT2D eigenvalue weighted by molar-refractivity contribution is -0.384. The van der Waals surface area contributed by atoms with Crippen LogP contribution >= 0.6 is 0 Å². The number of halogens is 3. The Morgan fingerprint density at radius 3 is 2.54 bits per heavy atom. The number of nitro benzene ring substituents is 1. The van der Waals surface area contributed by atoms with Gasteiger partial charge in [-0.25, -0.2) is 0 Å². The minimum Gasteiger partial charge on any atom is -0.346 e. The van der Waals surface area contributed by atoms with Gasteiger partial charge in [0, 0.05) is 18.2 Å². The van der Waals surface area contributed by atoms with E-state index in [1.807, 2.05) is 0 Å². The molecule has 5 nitrogen and oxygen atoms in total. The SMILES string of the molecule is CC(NC(=O)C=Cc1cccc(C(F)(F)F)c1)c1cccc([N+](=O)[O-])c1. The lowest BCUT2D eigenvalue weighted by atomic mass is 10.1. The summed E-state index contributed by atoms with van der Waals surface area (Å²) >= 11 is 0. The van der Waals surface area contributed by atoms with Gasteiger partial charge in [-0.3, -0.25) is 14.9 Å². The average molecular weight is 364 g/mol. The van der Waals surface area contributed by atoms with Gasteiger partial charge >= 0.3 is 6.18 Å². The number of non-ortho nitro benzene ring substituents is 1. The molecule has 0 saturated carbocycles. The van der Waals surface area contributed by atoms with Crippen molar-refractivity contribution in [1.29, 1.82) is 0 Å². The predicted molar refractivity (Wildman–Crippen MR) is 90.1 cm³/mol. The molecule has 1 N–H and O–H groups in total. The van der Waals surface area contributed by atoms with Crippen LogP contribution in [0.4, 0.5) is 18.9 Å². The Labute approximate surface area is 147 Å². The molecule has 8 heteroatoms. The number of nitro groups is 1. The van der Waals surface area contributed by atoms with E-state index in [0.717, 1.165) is 18.2 Å². The second-order valence-corrected chi connectivity index (χ2v) is 5.54. The van der Waals surface area contributed by atoms with Gasteiger partial charge in [0.2, 0.25) is 5.91 Å². The first-order valence-electron chi connectivity index (χ1n) is 7.57. The smallest absolute Gasteiger partial charge is 0.346 e. The minimum absolute atomic E-state index is 0.0943. The summed E-state index contributed by atoms with van der Waals surface area (Å²) in [5.41, 5.74) is -0.119. The second kappa shape index (κ2) is 7.81. The lowest BCUT2D eigenvalue weighted by Gasteiger charge is -2.12. The molecule has 0 saturated heterocycles. The summed E-state index contributed by atoms with van der Waals surface area (Å²) in [7, 11) is 0. The maximum Gasteiger partial charge on any atom is 0.416 e. The van der Waals surface area contributed by atoms with E-state index in [1.54, 1.807) is 13.0 Å². The van der Waals surface area contributed by atoms with Gasteiger partial charge in [0.15, 0.2) is 0 Å². The van der Waals surface area contributed by atoms with Crippen LogP contribution in [0.3, 0.4) is 0 Å². The van der Waals surface area contributed by atoms with E-state index in [0.29, 0.717) is 5.56 Å². The fourth-order valence-corrected chi connectivity index (χ4v) is 2.24. The largest absolute Gasteiger partial charge is 0.416 e. The summed E-state index contributed by atoms with van der Waals surface area (Å²) in [5, 5.41) is 13.4. The average Bonchev–Trinajstić information content (AvgIpc) is 2.59. The second-order valence-electron chi connectivity index (χ2n) is 5.54. The molecule has 1 amide bonds. The van der Waals surface area contributed by atoms with Crippen molar-refractivity contribution in [3.8, 4) is 0 Å². The van der Waals surface area contributed by atoms with Crippen LogP contribution in [0.25, 0.3) is 6.08 Å². The van der Waals surface area contributed by atoms with E-state index in [1.165, 1.54) is 36.4 Å². The topological polar surface area (TPSA) is 72.2 Å². The molecule has 136 valence electrons. The van der Waals surface area contributed by atoms with Crippen LogP contribution in [0.5, 0.6) is 0 Å². The van der Waals surface area contributed by atoms with Crippen molar-refractivity contribution < 1.29 is 22.9 Å². The number of hydrogen-bond acceptors (Lipinski definition) is 3. The predicted octanol–water partition coefficient (Wildman–Crippen LogP) is 4.50. The van der Waals surface area contributed by atoms with E-state index in [4.69, 9.17) is 0 Å². The third kappa shape index (κ3) is 5.17. The van der Waals surface area contributed by atoms with Crippen molar-refractivity contribution in [1.82, 2.24) is 5.32 Å². The number of carbonyl (C=O) groups excluding carboxylic acids is 1. The molecule has 0 spiro atoms. The first-order valence-corrected chi connectivity index (χ1v) is 7.57. The third-order valence-electron chi connectivity index (χ3n) is 3.58. The highest BCUT2D eigenvalue weighted by atomic mass is 19.4. The molecule has 2 aromatic carbocycles. The molecule has 0 aliphatic carbocycles. The van der Waals surface area contributed by atoms with Gasteiger partial charge in [0.1, 0.15) is 0 Å². The molecule has 0 aliphatic heterocycles. The first kappa shape index (κ1) is 19.2. The molecule has 1 atom stereocenters. The highest BCUT2D eigenvalue weighted by molar-refractivity contribution is 5.92. The number of nitrogens with one attached hydrogen (secondary N) is 1. The summed E-state index contributed by atoms with van der Waals surface area (Å²) in [6.45, 7) is 1.65. The van der Waals surface area contributed by atoms with Gasteiger partial charge in [-0.1, -0.05) is 24.3 Å². The quantitative estimate of drug-likeness (QED) is 0.482. The fraction of sp³-hybridized carbons (Fsp3) is 0.167. The van der Waals surface area contributed by atoms with Gasteiger partial charge < -0.3 is 5.32 Å². The Bertz CT molecular complexity index is 848. The van der Waals surface area contributed by atoms with Crippen molar-refractivity contribution in [2.75, 3.05) is 0 Å². The van der Waals surface area contributed by atoms with Crippen molar-refractivity contribution in [3.05, 3.63) is 81.4 Å². The maximum atomic E-state index is 12.7. The summed E-state index contributed by atoms with van der Waals surface area (Å²) < 4.78 is 38.0. The van der Waals surface area contributed by atoms with E-state index in [9.17, 15) is 28.1 Å². The highest BCUT2D eigenvalue weighted by Crippen LogP contribution is 2.29. The van der Waals surface area contributed by atoms with Crippen molar-refractivity contribution >= 4 is 17.7 Å². The van der Waals surface area contributed by atoms with Crippen molar-refractivity contribution in [2.45, 2.75) is 19.1 Å². The van der Waals surface area contributed by atoms with Gasteiger partial charge in [-0.05, 0) is 36.3 Å². The Kier molecular flexibility index (Phi) is 5.76. The van der Waals surface area contributed by atoms with Crippen LogP contribution in [0.15, 0.2) is 54.6 Å². The van der Waals surface area contributed by atoms with Gasteiger partial charge in [-0.15, -0.1) is 0 Å². The Morgan fingerprint density at radius 1 is 1.19 bits per heavy atom. The van der Waals surface area contributed by atoms with Gasteiger partial charge in [0.25, 0.3) is 5.69 Å². The zero-order valence-corrected chi connectivity index (χ0v) is 13.7. The molecule has 2 aromatic rings.